The van der Waals surface area contributed by atoms with Crippen molar-refractivity contribution in [3.63, 3.8) is 0 Å². The van der Waals surface area contributed by atoms with Gasteiger partial charge < -0.3 is 14.7 Å². The van der Waals surface area contributed by atoms with Crippen molar-refractivity contribution in [2.75, 3.05) is 37.7 Å². The Bertz CT molecular complexity index is 1040. The summed E-state index contributed by atoms with van der Waals surface area (Å²) < 4.78 is 5.43. The molecule has 0 atom stereocenters. The fourth-order valence-corrected chi connectivity index (χ4v) is 4.03. The summed E-state index contributed by atoms with van der Waals surface area (Å²) >= 11 is 6.47. The van der Waals surface area contributed by atoms with Gasteiger partial charge >= 0.3 is 5.97 Å². The topological polar surface area (TPSA) is 65.9 Å². The first kappa shape index (κ1) is 21.2. The number of aliphatic carboxylic acids is 1. The molecule has 0 radical (unpaired) electrons. The number of hydrogen-bond acceptors (Lipinski definition) is 5. The van der Waals surface area contributed by atoms with Crippen molar-refractivity contribution in [1.29, 1.82) is 0 Å². The Morgan fingerprint density at radius 2 is 1.77 bits per heavy atom. The summed E-state index contributed by atoms with van der Waals surface area (Å²) in [6.07, 6.45) is 1.82. The summed E-state index contributed by atoms with van der Waals surface area (Å²) in [5.74, 6) is 0.547. The van der Waals surface area contributed by atoms with Crippen LogP contribution >= 0.6 is 11.6 Å². The number of benzene rings is 2. The van der Waals surface area contributed by atoms with E-state index in [2.05, 4.69) is 14.8 Å². The SMILES string of the molecule is O=C(O)COc1ccc(-c2ccccc2Cl)c(CN2CCN(c3ccccn3)CC2)c1. The quantitative estimate of drug-likeness (QED) is 0.598. The molecule has 1 N–H and O–H groups in total. The molecule has 0 aliphatic carbocycles. The predicted molar refractivity (Wildman–Crippen MR) is 122 cm³/mol. The number of carbonyl (C=O) groups is 1. The van der Waals surface area contributed by atoms with Crippen molar-refractivity contribution in [1.82, 2.24) is 9.88 Å². The van der Waals surface area contributed by atoms with Gasteiger partial charge in [-0.2, -0.15) is 0 Å². The first-order valence-corrected chi connectivity index (χ1v) is 10.6. The van der Waals surface area contributed by atoms with Gasteiger partial charge in [0.2, 0.25) is 0 Å². The lowest BCUT2D eigenvalue weighted by atomic mass is 9.98. The summed E-state index contributed by atoms with van der Waals surface area (Å²) in [5.41, 5.74) is 3.04. The number of pyridine rings is 1. The first-order valence-electron chi connectivity index (χ1n) is 10.2. The van der Waals surface area contributed by atoms with E-state index in [1.165, 1.54) is 0 Å². The van der Waals surface area contributed by atoms with Crippen LogP contribution < -0.4 is 9.64 Å². The number of carboxylic acids is 1. The molecule has 1 aliphatic rings. The molecule has 4 rings (SSSR count). The third-order valence-corrected chi connectivity index (χ3v) is 5.67. The number of carboxylic acid groups (broad SMARTS) is 1. The van der Waals surface area contributed by atoms with Gasteiger partial charge in [-0.1, -0.05) is 41.9 Å². The van der Waals surface area contributed by atoms with Crippen LogP contribution in [0.4, 0.5) is 5.82 Å². The van der Waals surface area contributed by atoms with Gasteiger partial charge in [-0.3, -0.25) is 4.90 Å². The Morgan fingerprint density at radius 3 is 2.48 bits per heavy atom. The minimum absolute atomic E-state index is 0.367. The summed E-state index contributed by atoms with van der Waals surface area (Å²) in [5, 5.41) is 9.62. The number of anilines is 1. The van der Waals surface area contributed by atoms with Crippen LogP contribution in [-0.4, -0.2) is 53.7 Å². The highest BCUT2D eigenvalue weighted by atomic mass is 35.5. The zero-order valence-corrected chi connectivity index (χ0v) is 17.8. The van der Waals surface area contributed by atoms with Crippen molar-refractivity contribution in [2.24, 2.45) is 0 Å². The molecule has 6 nitrogen and oxygen atoms in total. The van der Waals surface area contributed by atoms with E-state index in [1.807, 2.05) is 60.8 Å². The van der Waals surface area contributed by atoms with Gasteiger partial charge in [0, 0.05) is 49.5 Å². The Balaban J connectivity index is 1.53. The largest absolute Gasteiger partial charge is 0.482 e. The molecule has 0 spiro atoms. The smallest absolute Gasteiger partial charge is 0.341 e. The average molecular weight is 438 g/mol. The fourth-order valence-electron chi connectivity index (χ4n) is 3.79. The molecule has 0 bridgehead atoms. The number of aromatic nitrogens is 1. The van der Waals surface area contributed by atoms with Gasteiger partial charge in [0.25, 0.3) is 0 Å². The van der Waals surface area contributed by atoms with Gasteiger partial charge in [0.1, 0.15) is 11.6 Å². The third kappa shape index (κ3) is 5.34. The molecule has 2 heterocycles. The Hall–Kier alpha value is -3.09. The van der Waals surface area contributed by atoms with E-state index in [4.69, 9.17) is 21.4 Å². The van der Waals surface area contributed by atoms with Gasteiger partial charge in [-0.05, 0) is 41.5 Å². The second-order valence-corrected chi connectivity index (χ2v) is 7.84. The van der Waals surface area contributed by atoms with Crippen LogP contribution in [0.5, 0.6) is 5.75 Å². The van der Waals surface area contributed by atoms with Crippen molar-refractivity contribution >= 4 is 23.4 Å². The number of piperazine rings is 1. The lowest BCUT2D eigenvalue weighted by Crippen LogP contribution is -2.46. The molecule has 1 aliphatic heterocycles. The number of halogens is 1. The average Bonchev–Trinajstić information content (AvgIpc) is 2.79. The van der Waals surface area contributed by atoms with Gasteiger partial charge in [0.15, 0.2) is 6.61 Å². The molecule has 1 saturated heterocycles. The van der Waals surface area contributed by atoms with E-state index in [9.17, 15) is 4.79 Å². The Morgan fingerprint density at radius 1 is 1.00 bits per heavy atom. The molecule has 7 heteroatoms. The summed E-state index contributed by atoms with van der Waals surface area (Å²) in [4.78, 5) is 20.0. The van der Waals surface area contributed by atoms with Crippen LogP contribution in [0.2, 0.25) is 5.02 Å². The summed E-state index contributed by atoms with van der Waals surface area (Å²) in [6, 6.07) is 19.4. The number of rotatable bonds is 7. The molecule has 0 amide bonds. The van der Waals surface area contributed by atoms with Gasteiger partial charge in [-0.15, -0.1) is 0 Å². The zero-order valence-electron chi connectivity index (χ0n) is 17.1. The zero-order chi connectivity index (χ0) is 21.6. The minimum Gasteiger partial charge on any atom is -0.482 e. The summed E-state index contributed by atoms with van der Waals surface area (Å²) in [6.45, 7) is 3.95. The maximum absolute atomic E-state index is 10.9. The highest BCUT2D eigenvalue weighted by Gasteiger charge is 2.20. The van der Waals surface area contributed by atoms with E-state index >= 15 is 0 Å². The van der Waals surface area contributed by atoms with Crippen LogP contribution in [0.1, 0.15) is 5.56 Å². The maximum Gasteiger partial charge on any atom is 0.341 e. The van der Waals surface area contributed by atoms with E-state index in [0.717, 1.165) is 55.2 Å². The predicted octanol–water partition coefficient (Wildman–Crippen LogP) is 4.19. The van der Waals surface area contributed by atoms with E-state index in [1.54, 1.807) is 6.07 Å². The highest BCUT2D eigenvalue weighted by molar-refractivity contribution is 6.33. The molecule has 0 unspecified atom stereocenters. The van der Waals surface area contributed by atoms with Gasteiger partial charge in [-0.25, -0.2) is 9.78 Å². The van der Waals surface area contributed by atoms with Crippen LogP contribution in [0.15, 0.2) is 66.9 Å². The monoisotopic (exact) mass is 437 g/mol. The minimum atomic E-state index is -0.998. The van der Waals surface area contributed by atoms with E-state index < -0.39 is 5.97 Å². The van der Waals surface area contributed by atoms with Crippen LogP contribution in [0.3, 0.4) is 0 Å². The van der Waals surface area contributed by atoms with E-state index in [-0.39, 0.29) is 6.61 Å². The molecular weight excluding hydrogens is 414 g/mol. The fraction of sp³-hybridized carbons (Fsp3) is 0.250. The maximum atomic E-state index is 10.9. The van der Waals surface area contributed by atoms with Gasteiger partial charge in [0.05, 0.1) is 0 Å². The molecule has 31 heavy (non-hydrogen) atoms. The molecule has 1 fully saturated rings. The van der Waals surface area contributed by atoms with E-state index in [0.29, 0.717) is 10.8 Å². The lowest BCUT2D eigenvalue weighted by Gasteiger charge is -2.35. The van der Waals surface area contributed by atoms with Crippen molar-refractivity contribution in [3.8, 4) is 16.9 Å². The molecule has 3 aromatic rings. The summed E-state index contributed by atoms with van der Waals surface area (Å²) in [7, 11) is 0. The van der Waals surface area contributed by atoms with Crippen molar-refractivity contribution < 1.29 is 14.6 Å². The number of nitrogens with zero attached hydrogens (tertiary/aromatic N) is 3. The van der Waals surface area contributed by atoms with Crippen LogP contribution in [0, 0.1) is 0 Å². The second-order valence-electron chi connectivity index (χ2n) is 7.43. The Kier molecular flexibility index (Phi) is 6.70. The lowest BCUT2D eigenvalue weighted by molar-refractivity contribution is -0.139. The normalized spacial score (nSPS) is 14.4. The highest BCUT2D eigenvalue weighted by Crippen LogP contribution is 2.33. The van der Waals surface area contributed by atoms with Crippen molar-refractivity contribution in [2.45, 2.75) is 6.54 Å². The van der Waals surface area contributed by atoms with Crippen molar-refractivity contribution in [3.05, 3.63) is 77.4 Å². The first-order chi connectivity index (χ1) is 15.1. The molecular formula is C24H24ClN3O3. The molecule has 1 aromatic heterocycles. The molecule has 2 aromatic carbocycles. The van der Waals surface area contributed by atoms with Crippen LogP contribution in [0.25, 0.3) is 11.1 Å². The third-order valence-electron chi connectivity index (χ3n) is 5.34. The molecule has 0 saturated carbocycles. The Labute approximate surface area is 186 Å². The second kappa shape index (κ2) is 9.81. The van der Waals surface area contributed by atoms with Crippen LogP contribution in [-0.2, 0) is 11.3 Å². The number of ether oxygens (including phenoxy) is 1. The molecule has 160 valence electrons. The standard InChI is InChI=1S/C24H24ClN3O3/c25-22-6-2-1-5-21(22)20-9-8-19(31-17-24(29)30)15-18(20)16-27-11-13-28(14-12-27)23-7-3-4-10-26-23/h1-10,15H,11-14,16-17H2,(H,29,30). The number of hydrogen-bond donors (Lipinski definition) is 1.